The maximum absolute atomic E-state index is 12.3. The number of aromatic nitrogens is 4. The molecule has 2 aromatic rings. The molecule has 4 rings (SSSR count). The van der Waals surface area contributed by atoms with Gasteiger partial charge in [0.05, 0.1) is 22.5 Å². The van der Waals surface area contributed by atoms with Crippen molar-refractivity contribution in [2.45, 2.75) is 49.5 Å². The van der Waals surface area contributed by atoms with Crippen LogP contribution in [0.25, 0.3) is 0 Å². The molecule has 176 valence electrons. The van der Waals surface area contributed by atoms with Gasteiger partial charge in [-0.2, -0.15) is 0 Å². The number of hydrogen-bond donors (Lipinski definition) is 1. The van der Waals surface area contributed by atoms with Gasteiger partial charge in [0.15, 0.2) is 10.3 Å². The van der Waals surface area contributed by atoms with Gasteiger partial charge >= 0.3 is 6.09 Å². The third-order valence-electron chi connectivity index (χ3n) is 4.61. The molecule has 0 saturated heterocycles. The van der Waals surface area contributed by atoms with E-state index in [2.05, 4.69) is 25.3 Å². The summed E-state index contributed by atoms with van der Waals surface area (Å²) in [7, 11) is 0. The predicted octanol–water partition coefficient (Wildman–Crippen LogP) is 2.62. The highest BCUT2D eigenvalue weighted by molar-refractivity contribution is 7.98. The molecule has 12 heteroatoms. The molecule has 1 N–H and O–H groups in total. The molecule has 2 aromatic heterocycles. The predicted molar refractivity (Wildman–Crippen MR) is 125 cm³/mol. The van der Waals surface area contributed by atoms with Crippen LogP contribution in [0.3, 0.4) is 0 Å². The van der Waals surface area contributed by atoms with E-state index in [-0.39, 0.29) is 12.5 Å². The fraction of sp³-hybridized carbons (Fsp3) is 0.476. The van der Waals surface area contributed by atoms with E-state index >= 15 is 0 Å². The lowest BCUT2D eigenvalue weighted by atomic mass is 10.1. The second-order valence-electron chi connectivity index (χ2n) is 8.13. The lowest BCUT2D eigenvalue weighted by Gasteiger charge is -2.29. The number of fused-ring (bicyclic) bond motifs is 2. The summed E-state index contributed by atoms with van der Waals surface area (Å²) in [5.41, 5.74) is 1.91. The van der Waals surface area contributed by atoms with Crippen LogP contribution in [0.15, 0.2) is 22.7 Å². The molecular weight excluding hydrogens is 464 g/mol. The number of rotatable bonds is 2. The van der Waals surface area contributed by atoms with Gasteiger partial charge < -0.3 is 10.1 Å². The summed E-state index contributed by atoms with van der Waals surface area (Å²) < 4.78 is 5.23. The van der Waals surface area contributed by atoms with Crippen LogP contribution in [0.5, 0.6) is 0 Å². The molecular formula is C21H26N6O4S2. The van der Waals surface area contributed by atoms with Gasteiger partial charge in [0.1, 0.15) is 5.60 Å². The Morgan fingerprint density at radius 1 is 1.00 bits per heavy atom. The van der Waals surface area contributed by atoms with Gasteiger partial charge in [-0.1, -0.05) is 23.5 Å². The van der Waals surface area contributed by atoms with E-state index in [0.29, 0.717) is 34.9 Å². The van der Waals surface area contributed by atoms with Crippen molar-refractivity contribution in [3.8, 4) is 0 Å². The van der Waals surface area contributed by atoms with Crippen molar-refractivity contribution >= 4 is 41.4 Å². The van der Waals surface area contributed by atoms with Crippen LogP contribution >= 0.6 is 23.5 Å². The lowest BCUT2D eigenvalue weighted by Crippen LogP contribution is -2.45. The molecule has 0 fully saturated rings. The van der Waals surface area contributed by atoms with E-state index in [4.69, 9.17) is 4.74 Å². The molecule has 0 bridgehead atoms. The Bertz CT molecular complexity index is 1070. The van der Waals surface area contributed by atoms with Crippen LogP contribution in [0.4, 0.5) is 4.79 Å². The van der Waals surface area contributed by atoms with Gasteiger partial charge in [0, 0.05) is 38.3 Å². The molecule has 0 radical (unpaired) electrons. The Balaban J connectivity index is 0.000000203. The van der Waals surface area contributed by atoms with Crippen LogP contribution in [0.1, 0.15) is 52.9 Å². The number of imide groups is 1. The first-order valence-electron chi connectivity index (χ1n) is 10.3. The number of nitrogens with zero attached hydrogens (tertiary/aromatic N) is 5. The van der Waals surface area contributed by atoms with Gasteiger partial charge in [-0.05, 0) is 33.3 Å². The zero-order chi connectivity index (χ0) is 24.2. The number of hydrogen-bond acceptors (Lipinski definition) is 10. The first-order chi connectivity index (χ1) is 15.6. The number of carbonyl (C=O) groups excluding carboxylic acids is 3. The summed E-state index contributed by atoms with van der Waals surface area (Å²) in [4.78, 5) is 53.4. The highest BCUT2D eigenvalue weighted by atomic mass is 32.2. The zero-order valence-electron chi connectivity index (χ0n) is 19.2. The summed E-state index contributed by atoms with van der Waals surface area (Å²) in [6, 6.07) is 0. The summed E-state index contributed by atoms with van der Waals surface area (Å²) in [5.74, 6) is -0.456. The molecule has 0 spiro atoms. The third kappa shape index (κ3) is 6.20. The monoisotopic (exact) mass is 490 g/mol. The van der Waals surface area contributed by atoms with Gasteiger partial charge in [-0.25, -0.2) is 29.6 Å². The first-order valence-corrected chi connectivity index (χ1v) is 12.7. The van der Waals surface area contributed by atoms with Crippen molar-refractivity contribution in [3.05, 3.63) is 34.9 Å². The van der Waals surface area contributed by atoms with E-state index in [1.807, 2.05) is 12.5 Å². The maximum atomic E-state index is 12.3. The first kappa shape index (κ1) is 24.9. The fourth-order valence-electron chi connectivity index (χ4n) is 3.09. The summed E-state index contributed by atoms with van der Waals surface area (Å²) >= 11 is 2.91. The Hall–Kier alpha value is -2.73. The minimum absolute atomic E-state index is 0.0612. The smallest absolute Gasteiger partial charge is 0.417 e. The summed E-state index contributed by atoms with van der Waals surface area (Å²) in [6.07, 6.45) is 7.58. The zero-order valence-corrected chi connectivity index (χ0v) is 20.8. The largest absolute Gasteiger partial charge is 0.443 e. The maximum Gasteiger partial charge on any atom is 0.417 e. The lowest BCUT2D eigenvalue weighted by molar-refractivity contribution is 0.0232. The van der Waals surface area contributed by atoms with E-state index in [0.717, 1.165) is 22.2 Å². The van der Waals surface area contributed by atoms with Crippen molar-refractivity contribution < 1.29 is 19.1 Å². The van der Waals surface area contributed by atoms with Crippen LogP contribution in [-0.2, 0) is 17.6 Å². The van der Waals surface area contributed by atoms with Crippen LogP contribution < -0.4 is 5.32 Å². The molecule has 0 saturated carbocycles. The molecule has 0 atom stereocenters. The van der Waals surface area contributed by atoms with Crippen molar-refractivity contribution in [2.75, 3.05) is 25.6 Å². The Morgan fingerprint density at radius 2 is 1.58 bits per heavy atom. The second-order valence-corrected chi connectivity index (χ2v) is 9.67. The third-order valence-corrected chi connectivity index (χ3v) is 5.73. The average Bonchev–Trinajstić information content (AvgIpc) is 2.78. The van der Waals surface area contributed by atoms with E-state index < -0.39 is 17.6 Å². The molecule has 0 aliphatic carbocycles. The fourth-order valence-corrected chi connectivity index (χ4v) is 3.81. The van der Waals surface area contributed by atoms with Gasteiger partial charge in [-0.3, -0.25) is 9.59 Å². The molecule has 2 aliphatic heterocycles. The van der Waals surface area contributed by atoms with Crippen molar-refractivity contribution in [3.63, 3.8) is 0 Å². The summed E-state index contributed by atoms with van der Waals surface area (Å²) in [6.45, 7) is 6.26. The SMILES string of the molecule is CSc1ncc2c(n1)CCN(C(=O)OC(C)(C)C)C2=O.CSc1ncc2c(n1)CCNC2=O. The molecule has 0 aromatic carbocycles. The standard InChI is InChI=1S/C13H17N3O3S.C8H9N3OS/c1-13(2,3)19-12(18)16-6-5-9-8(10(16)17)7-14-11(15-9)20-4;1-13-8-10-4-5-6(11-8)2-3-9-7(5)12/h7H,5-6H2,1-4H3;4H,2-3H2,1H3,(H,9,12). The Labute approximate surface area is 200 Å². The van der Waals surface area contributed by atoms with E-state index in [1.54, 1.807) is 27.0 Å². The van der Waals surface area contributed by atoms with Crippen LogP contribution in [0, 0.1) is 0 Å². The number of thioether (sulfide) groups is 2. The van der Waals surface area contributed by atoms with Gasteiger partial charge in [0.25, 0.3) is 11.8 Å². The van der Waals surface area contributed by atoms with Crippen molar-refractivity contribution in [1.82, 2.24) is 30.2 Å². The Kier molecular flexibility index (Phi) is 7.90. The molecule has 3 amide bonds. The molecule has 10 nitrogen and oxygen atoms in total. The molecule has 2 aliphatic rings. The van der Waals surface area contributed by atoms with Crippen molar-refractivity contribution in [2.24, 2.45) is 0 Å². The highest BCUT2D eigenvalue weighted by Gasteiger charge is 2.33. The second kappa shape index (κ2) is 10.5. The Morgan fingerprint density at radius 3 is 2.15 bits per heavy atom. The average molecular weight is 491 g/mol. The number of carbonyl (C=O) groups is 3. The normalized spacial score (nSPS) is 15.0. The molecule has 33 heavy (non-hydrogen) atoms. The van der Waals surface area contributed by atoms with Gasteiger partial charge in [0.2, 0.25) is 0 Å². The van der Waals surface area contributed by atoms with E-state index in [9.17, 15) is 14.4 Å². The minimum atomic E-state index is -0.628. The highest BCUT2D eigenvalue weighted by Crippen LogP contribution is 2.21. The molecule has 0 unspecified atom stereocenters. The summed E-state index contributed by atoms with van der Waals surface area (Å²) in [5, 5.41) is 4.11. The minimum Gasteiger partial charge on any atom is -0.443 e. The molecule has 4 heterocycles. The van der Waals surface area contributed by atoms with Crippen LogP contribution in [0.2, 0.25) is 0 Å². The topological polar surface area (TPSA) is 127 Å². The van der Waals surface area contributed by atoms with Crippen LogP contribution in [-0.4, -0.2) is 73.9 Å². The number of nitrogens with one attached hydrogen (secondary N) is 1. The van der Waals surface area contributed by atoms with Crippen molar-refractivity contribution in [1.29, 1.82) is 0 Å². The number of amides is 3. The van der Waals surface area contributed by atoms with Gasteiger partial charge in [-0.15, -0.1) is 0 Å². The number of ether oxygens (including phenoxy) is 1. The van der Waals surface area contributed by atoms with E-state index in [1.165, 1.54) is 29.7 Å². The quantitative estimate of drug-likeness (QED) is 0.496.